The third-order valence-corrected chi connectivity index (χ3v) is 4.10. The van der Waals surface area contributed by atoms with E-state index >= 15 is 0 Å². The topological polar surface area (TPSA) is 49.6 Å². The van der Waals surface area contributed by atoms with Gasteiger partial charge in [0, 0.05) is 38.6 Å². The van der Waals surface area contributed by atoms with Crippen LogP contribution < -0.4 is 5.73 Å². The van der Waals surface area contributed by atoms with Crippen LogP contribution in [0.3, 0.4) is 0 Å². The van der Waals surface area contributed by atoms with Crippen molar-refractivity contribution >= 4 is 30.7 Å². The second-order valence-corrected chi connectivity index (χ2v) is 5.75. The molecule has 0 spiro atoms. The summed E-state index contributed by atoms with van der Waals surface area (Å²) >= 11 is 0. The highest BCUT2D eigenvalue weighted by Crippen LogP contribution is 2.21. The van der Waals surface area contributed by atoms with E-state index in [-0.39, 0.29) is 36.8 Å². The van der Waals surface area contributed by atoms with E-state index in [2.05, 4.69) is 18.7 Å². The summed E-state index contributed by atoms with van der Waals surface area (Å²) in [5.41, 5.74) is 5.71. The average Bonchev–Trinajstić information content (AvgIpc) is 2.34. The molecule has 6 heteroatoms. The Balaban J connectivity index is 0. The molecule has 2 N–H and O–H groups in total. The zero-order chi connectivity index (χ0) is 13.7. The van der Waals surface area contributed by atoms with Gasteiger partial charge in [-0.2, -0.15) is 0 Å². The van der Waals surface area contributed by atoms with Gasteiger partial charge in [-0.05, 0) is 32.2 Å². The number of carbonyl (C=O) groups is 1. The second kappa shape index (κ2) is 10.7. The van der Waals surface area contributed by atoms with Crippen LogP contribution in [0.1, 0.15) is 40.0 Å². The van der Waals surface area contributed by atoms with Crippen LogP contribution in [0.4, 0.5) is 0 Å². The van der Waals surface area contributed by atoms with Gasteiger partial charge in [0.15, 0.2) is 0 Å². The molecule has 0 aromatic carbocycles. The molecule has 0 aromatic rings. The molecule has 0 aromatic heterocycles. The van der Waals surface area contributed by atoms with Gasteiger partial charge in [-0.15, -0.1) is 24.8 Å². The number of nitrogens with two attached hydrogens (primary N) is 1. The molecule has 0 aliphatic carbocycles. The number of rotatable bonds is 5. The number of hydrogen-bond donors (Lipinski definition) is 1. The number of nitrogens with zero attached hydrogens (tertiary/aromatic N) is 2. The Bertz CT molecular complexity index is 277. The van der Waals surface area contributed by atoms with Gasteiger partial charge >= 0.3 is 0 Å². The normalized spacial score (nSPS) is 24.2. The fraction of sp³-hybridized carbons (Fsp3) is 0.929. The highest BCUT2D eigenvalue weighted by Gasteiger charge is 2.30. The fourth-order valence-corrected chi connectivity index (χ4v) is 2.79. The average molecular weight is 328 g/mol. The summed E-state index contributed by atoms with van der Waals surface area (Å²) in [7, 11) is 1.95. The highest BCUT2D eigenvalue weighted by molar-refractivity contribution is 5.85. The van der Waals surface area contributed by atoms with Crippen LogP contribution in [-0.4, -0.2) is 54.5 Å². The zero-order valence-electron chi connectivity index (χ0n) is 13.2. The number of hydrogen-bond acceptors (Lipinski definition) is 3. The van der Waals surface area contributed by atoms with Gasteiger partial charge < -0.3 is 15.5 Å². The van der Waals surface area contributed by atoms with E-state index in [1.807, 2.05) is 18.9 Å². The van der Waals surface area contributed by atoms with Crippen molar-refractivity contribution < 1.29 is 4.79 Å². The van der Waals surface area contributed by atoms with E-state index in [4.69, 9.17) is 5.73 Å². The summed E-state index contributed by atoms with van der Waals surface area (Å²) in [6.45, 7) is 9.73. The Morgan fingerprint density at radius 2 is 2.05 bits per heavy atom. The van der Waals surface area contributed by atoms with Crippen LogP contribution in [0.5, 0.6) is 0 Å². The van der Waals surface area contributed by atoms with Crippen molar-refractivity contribution in [3.8, 4) is 0 Å². The maximum Gasteiger partial charge on any atom is 0.222 e. The fourth-order valence-electron chi connectivity index (χ4n) is 2.79. The number of amides is 1. The van der Waals surface area contributed by atoms with E-state index in [1.54, 1.807) is 0 Å². The lowest BCUT2D eigenvalue weighted by Gasteiger charge is -2.41. The van der Waals surface area contributed by atoms with Gasteiger partial charge in [0.25, 0.3) is 0 Å². The van der Waals surface area contributed by atoms with Crippen LogP contribution in [0.2, 0.25) is 0 Å². The molecular weight excluding hydrogens is 297 g/mol. The molecule has 122 valence electrons. The standard InChI is InChI=1S/C14H29N3O.2ClH/c1-5-17-9-8-13(11(2)10-17)16(4)14(18)7-6-12(3)15;;/h11-13H,5-10,15H2,1-4H3;2*1H. The van der Waals surface area contributed by atoms with Gasteiger partial charge in [0.2, 0.25) is 5.91 Å². The summed E-state index contributed by atoms with van der Waals surface area (Å²) in [5, 5.41) is 0. The molecule has 3 unspecified atom stereocenters. The number of carbonyl (C=O) groups excluding carboxylic acids is 1. The summed E-state index contributed by atoms with van der Waals surface area (Å²) in [5.74, 6) is 0.803. The molecule has 20 heavy (non-hydrogen) atoms. The smallest absolute Gasteiger partial charge is 0.222 e. The Labute approximate surface area is 136 Å². The molecule has 3 atom stereocenters. The first-order valence-corrected chi connectivity index (χ1v) is 7.19. The highest BCUT2D eigenvalue weighted by atomic mass is 35.5. The molecular formula is C14H31Cl2N3O. The van der Waals surface area contributed by atoms with E-state index in [1.165, 1.54) is 0 Å². The summed E-state index contributed by atoms with van der Waals surface area (Å²) in [6.07, 6.45) is 2.45. The summed E-state index contributed by atoms with van der Waals surface area (Å²) in [4.78, 5) is 16.5. The van der Waals surface area contributed by atoms with Gasteiger partial charge in [-0.1, -0.05) is 13.8 Å². The lowest BCUT2D eigenvalue weighted by Crippen LogP contribution is -2.50. The Kier molecular flexibility index (Phi) is 11.9. The van der Waals surface area contributed by atoms with Crippen molar-refractivity contribution in [1.29, 1.82) is 0 Å². The maximum atomic E-state index is 12.1. The maximum absolute atomic E-state index is 12.1. The molecule has 1 heterocycles. The van der Waals surface area contributed by atoms with Crippen molar-refractivity contribution in [2.75, 3.05) is 26.7 Å². The summed E-state index contributed by atoms with van der Waals surface area (Å²) < 4.78 is 0. The quantitative estimate of drug-likeness (QED) is 0.841. The van der Waals surface area contributed by atoms with Crippen LogP contribution in [0, 0.1) is 5.92 Å². The van der Waals surface area contributed by atoms with Crippen molar-refractivity contribution in [1.82, 2.24) is 9.80 Å². The molecule has 1 fully saturated rings. The number of halogens is 2. The van der Waals surface area contributed by atoms with Crippen LogP contribution >= 0.6 is 24.8 Å². The number of piperidine rings is 1. The Hall–Kier alpha value is -0.0300. The molecule has 1 amide bonds. The SMILES string of the molecule is CCN1CCC(N(C)C(=O)CCC(C)N)C(C)C1.Cl.Cl. The van der Waals surface area contributed by atoms with Gasteiger partial charge in [-0.25, -0.2) is 0 Å². The molecule has 1 saturated heterocycles. The van der Waals surface area contributed by atoms with E-state index < -0.39 is 0 Å². The first-order chi connectivity index (χ1) is 8.45. The van der Waals surface area contributed by atoms with E-state index in [9.17, 15) is 4.79 Å². The minimum Gasteiger partial charge on any atom is -0.342 e. The van der Waals surface area contributed by atoms with Crippen LogP contribution in [-0.2, 0) is 4.79 Å². The Morgan fingerprint density at radius 1 is 1.45 bits per heavy atom. The minimum atomic E-state index is 0. The third-order valence-electron chi connectivity index (χ3n) is 4.10. The van der Waals surface area contributed by atoms with Gasteiger partial charge in [-0.3, -0.25) is 4.79 Å². The largest absolute Gasteiger partial charge is 0.342 e. The molecule has 0 saturated carbocycles. The lowest BCUT2D eigenvalue weighted by molar-refractivity contribution is -0.134. The minimum absolute atomic E-state index is 0. The molecule has 4 nitrogen and oxygen atoms in total. The lowest BCUT2D eigenvalue weighted by atomic mass is 9.92. The van der Waals surface area contributed by atoms with E-state index in [0.717, 1.165) is 32.5 Å². The molecule has 1 rings (SSSR count). The van der Waals surface area contributed by atoms with Crippen molar-refractivity contribution in [3.05, 3.63) is 0 Å². The monoisotopic (exact) mass is 327 g/mol. The van der Waals surface area contributed by atoms with Crippen LogP contribution in [0.25, 0.3) is 0 Å². The van der Waals surface area contributed by atoms with Crippen LogP contribution in [0.15, 0.2) is 0 Å². The molecule has 1 aliphatic heterocycles. The molecule has 0 radical (unpaired) electrons. The first-order valence-electron chi connectivity index (χ1n) is 7.19. The van der Waals surface area contributed by atoms with Crippen molar-refractivity contribution in [3.63, 3.8) is 0 Å². The third kappa shape index (κ3) is 6.61. The molecule has 0 bridgehead atoms. The van der Waals surface area contributed by atoms with Gasteiger partial charge in [0.05, 0.1) is 0 Å². The second-order valence-electron chi connectivity index (χ2n) is 5.75. The predicted octanol–water partition coefficient (Wildman–Crippen LogP) is 2.15. The zero-order valence-corrected chi connectivity index (χ0v) is 14.8. The van der Waals surface area contributed by atoms with Gasteiger partial charge in [0.1, 0.15) is 0 Å². The summed E-state index contributed by atoms with van der Waals surface area (Å²) in [6, 6.07) is 0.509. The Morgan fingerprint density at radius 3 is 2.50 bits per heavy atom. The number of likely N-dealkylation sites (tertiary alicyclic amines) is 1. The van der Waals surface area contributed by atoms with Crippen molar-refractivity contribution in [2.45, 2.75) is 52.1 Å². The predicted molar refractivity (Wildman–Crippen MR) is 89.8 cm³/mol. The molecule has 1 aliphatic rings. The van der Waals surface area contributed by atoms with Crippen molar-refractivity contribution in [2.24, 2.45) is 11.7 Å². The first kappa shape index (κ1) is 22.3. The van der Waals surface area contributed by atoms with E-state index in [0.29, 0.717) is 18.4 Å².